The van der Waals surface area contributed by atoms with E-state index >= 15 is 0 Å². The Morgan fingerprint density at radius 1 is 1.40 bits per heavy atom. The van der Waals surface area contributed by atoms with Gasteiger partial charge in [-0.25, -0.2) is 0 Å². The molecule has 0 aliphatic carbocycles. The lowest BCUT2D eigenvalue weighted by atomic mass is 9.99. The van der Waals surface area contributed by atoms with Crippen LogP contribution in [0.5, 0.6) is 5.75 Å². The van der Waals surface area contributed by atoms with Crippen molar-refractivity contribution in [2.75, 3.05) is 13.7 Å². The quantitative estimate of drug-likeness (QED) is 0.893. The molecule has 1 aliphatic heterocycles. The van der Waals surface area contributed by atoms with Crippen LogP contribution in [0.4, 0.5) is 0 Å². The summed E-state index contributed by atoms with van der Waals surface area (Å²) in [6.07, 6.45) is 2.60. The van der Waals surface area contributed by atoms with Gasteiger partial charge in [-0.15, -0.1) is 12.4 Å². The second kappa shape index (κ2) is 8.12. The standard InChI is InChI=1S/C15H22N2O2.ClH/c1-11-14(4-3-9-16-11)17-15(18)10-12-5-7-13(19-2)8-6-12;/h5-8,11,14,16H,3-4,9-10H2,1-2H3,(H,17,18);1H. The van der Waals surface area contributed by atoms with Gasteiger partial charge in [-0.3, -0.25) is 4.79 Å². The summed E-state index contributed by atoms with van der Waals surface area (Å²) in [6.45, 7) is 3.17. The Balaban J connectivity index is 0.00000200. The highest BCUT2D eigenvalue weighted by molar-refractivity contribution is 5.85. The van der Waals surface area contributed by atoms with E-state index in [2.05, 4.69) is 17.6 Å². The van der Waals surface area contributed by atoms with Gasteiger partial charge in [0.25, 0.3) is 0 Å². The van der Waals surface area contributed by atoms with E-state index in [1.807, 2.05) is 24.3 Å². The first-order valence-electron chi connectivity index (χ1n) is 6.84. The van der Waals surface area contributed by atoms with Crippen LogP contribution in [0.15, 0.2) is 24.3 Å². The number of rotatable bonds is 4. The average Bonchev–Trinajstić information content (AvgIpc) is 2.42. The number of nitrogens with one attached hydrogen (secondary N) is 2. The van der Waals surface area contributed by atoms with E-state index in [1.54, 1.807) is 7.11 Å². The lowest BCUT2D eigenvalue weighted by Crippen LogP contribution is -2.52. The Bertz CT molecular complexity index is 422. The fourth-order valence-corrected chi connectivity index (χ4v) is 2.43. The van der Waals surface area contributed by atoms with E-state index in [4.69, 9.17) is 4.74 Å². The molecule has 20 heavy (non-hydrogen) atoms. The molecule has 2 atom stereocenters. The van der Waals surface area contributed by atoms with Crippen LogP contribution in [0.2, 0.25) is 0 Å². The van der Waals surface area contributed by atoms with Gasteiger partial charge in [0.15, 0.2) is 0 Å². The largest absolute Gasteiger partial charge is 0.497 e. The van der Waals surface area contributed by atoms with Crippen molar-refractivity contribution < 1.29 is 9.53 Å². The van der Waals surface area contributed by atoms with Crippen LogP contribution in [0, 0.1) is 0 Å². The minimum Gasteiger partial charge on any atom is -0.497 e. The maximum Gasteiger partial charge on any atom is 0.224 e. The third kappa shape index (κ3) is 4.69. The summed E-state index contributed by atoms with van der Waals surface area (Å²) < 4.78 is 5.10. The van der Waals surface area contributed by atoms with E-state index in [0.717, 1.165) is 30.7 Å². The van der Waals surface area contributed by atoms with Crippen LogP contribution in [0.25, 0.3) is 0 Å². The number of carbonyl (C=O) groups is 1. The molecular weight excluding hydrogens is 276 g/mol. The Morgan fingerprint density at radius 3 is 2.70 bits per heavy atom. The molecule has 1 aromatic rings. The van der Waals surface area contributed by atoms with E-state index < -0.39 is 0 Å². The highest BCUT2D eigenvalue weighted by Gasteiger charge is 2.22. The Morgan fingerprint density at radius 2 is 2.10 bits per heavy atom. The molecule has 0 aromatic heterocycles. The summed E-state index contributed by atoms with van der Waals surface area (Å²) in [7, 11) is 1.64. The maximum absolute atomic E-state index is 12.0. The number of hydrogen-bond acceptors (Lipinski definition) is 3. The van der Waals surface area contributed by atoms with Crippen LogP contribution in [0.3, 0.4) is 0 Å². The Hall–Kier alpha value is -1.26. The van der Waals surface area contributed by atoms with Crippen molar-refractivity contribution in [2.24, 2.45) is 0 Å². The van der Waals surface area contributed by atoms with Gasteiger partial charge in [-0.05, 0) is 44.0 Å². The summed E-state index contributed by atoms with van der Waals surface area (Å²) in [5.74, 6) is 0.903. The molecule has 2 unspecified atom stereocenters. The summed E-state index contributed by atoms with van der Waals surface area (Å²) in [5, 5.41) is 6.50. The fraction of sp³-hybridized carbons (Fsp3) is 0.533. The van der Waals surface area contributed by atoms with E-state index in [9.17, 15) is 4.79 Å². The van der Waals surface area contributed by atoms with E-state index in [1.165, 1.54) is 0 Å². The van der Waals surface area contributed by atoms with Gasteiger partial charge >= 0.3 is 0 Å². The molecule has 1 saturated heterocycles. The smallest absolute Gasteiger partial charge is 0.224 e. The van der Waals surface area contributed by atoms with Crippen molar-refractivity contribution in [3.63, 3.8) is 0 Å². The monoisotopic (exact) mass is 298 g/mol. The van der Waals surface area contributed by atoms with Gasteiger partial charge in [0, 0.05) is 12.1 Å². The molecule has 1 heterocycles. The SMILES string of the molecule is COc1ccc(CC(=O)NC2CCCNC2C)cc1.Cl. The molecule has 2 N–H and O–H groups in total. The zero-order valence-electron chi connectivity index (χ0n) is 12.0. The maximum atomic E-state index is 12.0. The first-order valence-corrected chi connectivity index (χ1v) is 6.84. The van der Waals surface area contributed by atoms with Gasteiger partial charge in [-0.2, -0.15) is 0 Å². The van der Waals surface area contributed by atoms with Crippen LogP contribution in [-0.2, 0) is 11.2 Å². The van der Waals surface area contributed by atoms with E-state index in [-0.39, 0.29) is 24.4 Å². The molecule has 1 fully saturated rings. The van der Waals surface area contributed by atoms with Crippen LogP contribution in [0.1, 0.15) is 25.3 Å². The average molecular weight is 299 g/mol. The van der Waals surface area contributed by atoms with Gasteiger partial charge in [0.05, 0.1) is 13.5 Å². The molecule has 112 valence electrons. The number of piperidine rings is 1. The number of methoxy groups -OCH3 is 1. The van der Waals surface area contributed by atoms with E-state index in [0.29, 0.717) is 12.5 Å². The van der Waals surface area contributed by atoms with Gasteiger partial charge in [0.2, 0.25) is 5.91 Å². The van der Waals surface area contributed by atoms with Crippen LogP contribution >= 0.6 is 12.4 Å². The molecule has 1 aromatic carbocycles. The summed E-state index contributed by atoms with van der Waals surface area (Å²) in [4.78, 5) is 12.0. The van der Waals surface area contributed by atoms with Gasteiger partial charge in [0.1, 0.15) is 5.75 Å². The van der Waals surface area contributed by atoms with Gasteiger partial charge < -0.3 is 15.4 Å². The van der Waals surface area contributed by atoms with Crippen LogP contribution < -0.4 is 15.4 Å². The highest BCUT2D eigenvalue weighted by atomic mass is 35.5. The van der Waals surface area contributed by atoms with Crippen molar-refractivity contribution in [3.8, 4) is 5.75 Å². The van der Waals surface area contributed by atoms with Gasteiger partial charge in [-0.1, -0.05) is 12.1 Å². The first kappa shape index (κ1) is 16.8. The summed E-state index contributed by atoms with van der Waals surface area (Å²) in [5.41, 5.74) is 1.01. The van der Waals surface area contributed by atoms with Crippen molar-refractivity contribution in [1.82, 2.24) is 10.6 Å². The van der Waals surface area contributed by atoms with Crippen molar-refractivity contribution in [1.29, 1.82) is 0 Å². The number of carbonyl (C=O) groups excluding carboxylic acids is 1. The molecule has 1 amide bonds. The molecule has 0 spiro atoms. The molecule has 0 bridgehead atoms. The second-order valence-electron chi connectivity index (χ2n) is 5.08. The normalized spacial score (nSPS) is 21.7. The Labute approximate surface area is 126 Å². The lowest BCUT2D eigenvalue weighted by molar-refractivity contribution is -0.121. The second-order valence-corrected chi connectivity index (χ2v) is 5.08. The highest BCUT2D eigenvalue weighted by Crippen LogP contribution is 2.12. The van der Waals surface area contributed by atoms with Crippen LogP contribution in [-0.4, -0.2) is 31.6 Å². The minimum absolute atomic E-state index is 0. The predicted molar refractivity (Wildman–Crippen MR) is 82.6 cm³/mol. The molecule has 0 radical (unpaired) electrons. The molecule has 0 saturated carbocycles. The number of ether oxygens (including phenoxy) is 1. The van der Waals surface area contributed by atoms with Crippen molar-refractivity contribution in [3.05, 3.63) is 29.8 Å². The third-order valence-corrected chi connectivity index (χ3v) is 3.63. The zero-order chi connectivity index (χ0) is 13.7. The minimum atomic E-state index is 0. The first-order chi connectivity index (χ1) is 9.19. The Kier molecular flexibility index (Phi) is 6.82. The summed E-state index contributed by atoms with van der Waals surface area (Å²) in [6, 6.07) is 8.23. The summed E-state index contributed by atoms with van der Waals surface area (Å²) >= 11 is 0. The molecule has 4 nitrogen and oxygen atoms in total. The third-order valence-electron chi connectivity index (χ3n) is 3.63. The molecular formula is C15H23ClN2O2. The molecule has 1 aliphatic rings. The van der Waals surface area contributed by atoms with Crippen molar-refractivity contribution in [2.45, 2.75) is 38.3 Å². The lowest BCUT2D eigenvalue weighted by Gasteiger charge is -2.30. The predicted octanol–water partition coefficient (Wildman–Crippen LogP) is 1.92. The topological polar surface area (TPSA) is 50.4 Å². The van der Waals surface area contributed by atoms with Crippen molar-refractivity contribution >= 4 is 18.3 Å². The zero-order valence-corrected chi connectivity index (χ0v) is 12.8. The number of hydrogen-bond donors (Lipinski definition) is 2. The number of amides is 1. The molecule has 5 heteroatoms. The number of halogens is 1. The number of benzene rings is 1. The fourth-order valence-electron chi connectivity index (χ4n) is 2.43. The molecule has 2 rings (SSSR count).